The summed E-state index contributed by atoms with van der Waals surface area (Å²) in [5, 5.41) is 14.5. The highest BCUT2D eigenvalue weighted by Crippen LogP contribution is 2.68. The summed E-state index contributed by atoms with van der Waals surface area (Å²) in [5.74, 6) is 0.141. The Morgan fingerprint density at radius 2 is 1.70 bits per heavy atom. The van der Waals surface area contributed by atoms with Gasteiger partial charge in [-0.3, -0.25) is 37.5 Å². The summed E-state index contributed by atoms with van der Waals surface area (Å²) in [4.78, 5) is 52.7. The molecule has 1 aliphatic carbocycles. The molecule has 1 aliphatic heterocycles. The van der Waals surface area contributed by atoms with E-state index >= 15 is 4.39 Å². The number of carbonyl (C=O) groups is 2. The monoisotopic (exact) mass is 681 g/mol. The van der Waals surface area contributed by atoms with Crippen LogP contribution in [0.1, 0.15) is 41.5 Å². The first kappa shape index (κ1) is 36.5. The van der Waals surface area contributed by atoms with E-state index in [1.807, 2.05) is 4.98 Å². The summed E-state index contributed by atoms with van der Waals surface area (Å²) in [5.41, 5.74) is 1.67. The predicted octanol–water partition coefficient (Wildman–Crippen LogP) is 3.21. The molecule has 246 valence electrons. The highest BCUT2D eigenvalue weighted by Gasteiger charge is 2.89. The zero-order chi connectivity index (χ0) is 33.1. The Kier molecular flexibility index (Phi) is 11.4. The van der Waals surface area contributed by atoms with Crippen LogP contribution in [0.4, 0.5) is 4.39 Å². The average Bonchev–Trinajstić information content (AvgIpc) is 3.32. The molecule has 2 fully saturated rings. The molecule has 3 rings (SSSR count). The molecule has 2 heterocycles. The summed E-state index contributed by atoms with van der Waals surface area (Å²) in [6, 6.07) is 1.05. The molecule has 1 saturated carbocycles. The number of nitrogens with zero attached hydrogens (tertiary/aromatic N) is 4. The van der Waals surface area contributed by atoms with Gasteiger partial charge in [-0.05, 0) is 5.53 Å². The fraction of sp³-hybridized carbons (Fsp3) is 0.760. The number of phosphoric acid groups is 1. The van der Waals surface area contributed by atoms with Gasteiger partial charge in [-0.2, -0.15) is 0 Å². The third kappa shape index (κ3) is 8.03. The largest absolute Gasteiger partial charge is 0.475 e. The zero-order valence-corrected chi connectivity index (χ0v) is 27.7. The molecule has 0 aromatic carbocycles. The standard InChI is InChI=1S/C25H37FN5O10PS2/c1-22(2,3)19(33)43-11-9-38-42(37,39-10-12-44-20(34)23(4,5)6)41-18-24(14-28-30-27)25(18,36)17(26)15(40-24)13-31-8-7-16(32)29-21(31)35/h7-8,15,17-18,36H,9-14H2,1-6H3,(H,29,32,35)/t15-,17-,18?,24+,25+/m0/s1. The van der Waals surface area contributed by atoms with Crippen molar-refractivity contribution in [1.29, 1.82) is 0 Å². The van der Waals surface area contributed by atoms with Gasteiger partial charge >= 0.3 is 13.5 Å². The first-order chi connectivity index (χ1) is 20.3. The van der Waals surface area contributed by atoms with E-state index in [-0.39, 0.29) is 35.0 Å². The SMILES string of the molecule is CC(C)(C)C(=O)SCCOP(=O)(OCCSC(=O)C(C)(C)C)OC1[C@@]2(CN=[N+]=[N-])O[C@@H](Cn3ccc(=O)[nH]c3=O)[C@H](F)[C@@]12O. The summed E-state index contributed by atoms with van der Waals surface area (Å²) >= 11 is 1.88. The van der Waals surface area contributed by atoms with Gasteiger partial charge in [-0.15, -0.1) is 0 Å². The lowest BCUT2D eigenvalue weighted by Gasteiger charge is -2.25. The lowest BCUT2D eigenvalue weighted by atomic mass is 9.99. The fourth-order valence-corrected chi connectivity index (χ4v) is 7.55. The molecule has 0 amide bonds. The van der Waals surface area contributed by atoms with Gasteiger partial charge < -0.3 is 9.84 Å². The molecule has 1 unspecified atom stereocenters. The minimum absolute atomic E-state index is 0.0705. The third-order valence-electron chi connectivity index (χ3n) is 6.76. The Bertz CT molecular complexity index is 1420. The van der Waals surface area contributed by atoms with Crippen molar-refractivity contribution < 1.29 is 42.0 Å². The lowest BCUT2D eigenvalue weighted by molar-refractivity contribution is -0.118. The maximum Gasteiger partial charge on any atom is 0.475 e. The number of aromatic amines is 1. The van der Waals surface area contributed by atoms with E-state index in [1.54, 1.807) is 41.5 Å². The molecular formula is C25H37FN5O10PS2. The molecule has 1 aromatic heterocycles. The van der Waals surface area contributed by atoms with Crippen LogP contribution in [0, 0.1) is 10.8 Å². The number of aromatic nitrogens is 2. The molecule has 0 radical (unpaired) electrons. The van der Waals surface area contributed by atoms with Gasteiger partial charge in [0.15, 0.2) is 22.0 Å². The zero-order valence-electron chi connectivity index (χ0n) is 25.2. The first-order valence-corrected chi connectivity index (χ1v) is 17.0. The molecule has 2 aliphatic rings. The van der Waals surface area contributed by atoms with Crippen LogP contribution in [0.5, 0.6) is 0 Å². The number of alkyl halides is 1. The molecule has 1 aromatic rings. The predicted molar refractivity (Wildman–Crippen MR) is 161 cm³/mol. The van der Waals surface area contributed by atoms with Crippen molar-refractivity contribution in [3.63, 3.8) is 0 Å². The quantitative estimate of drug-likeness (QED) is 0.0953. The van der Waals surface area contributed by atoms with Gasteiger partial charge in [0.2, 0.25) is 0 Å². The Hall–Kier alpha value is -2.01. The van der Waals surface area contributed by atoms with Gasteiger partial charge in [0.05, 0.1) is 26.3 Å². The molecule has 0 bridgehead atoms. The number of ether oxygens (including phenoxy) is 1. The number of rotatable bonds is 14. The number of H-pyrrole nitrogens is 1. The molecule has 2 N–H and O–H groups in total. The maximum absolute atomic E-state index is 15.8. The minimum atomic E-state index is -4.60. The van der Waals surface area contributed by atoms with Crippen molar-refractivity contribution in [3.8, 4) is 0 Å². The summed E-state index contributed by atoms with van der Waals surface area (Å²) < 4.78 is 52.8. The van der Waals surface area contributed by atoms with Crippen molar-refractivity contribution >= 4 is 41.6 Å². The van der Waals surface area contributed by atoms with Crippen LogP contribution >= 0.6 is 31.3 Å². The van der Waals surface area contributed by atoms with E-state index in [2.05, 4.69) is 10.0 Å². The minimum Gasteiger partial charge on any atom is -0.381 e. The van der Waals surface area contributed by atoms with Crippen LogP contribution in [0.2, 0.25) is 0 Å². The van der Waals surface area contributed by atoms with E-state index in [0.717, 1.165) is 40.4 Å². The maximum atomic E-state index is 15.8. The number of azide groups is 1. The number of thioether (sulfide) groups is 2. The van der Waals surface area contributed by atoms with Crippen molar-refractivity contribution in [1.82, 2.24) is 9.55 Å². The lowest BCUT2D eigenvalue weighted by Crippen LogP contribution is -2.41. The van der Waals surface area contributed by atoms with Gasteiger partial charge in [0.1, 0.15) is 17.8 Å². The number of carbonyl (C=O) groups excluding carboxylic acids is 2. The third-order valence-corrected chi connectivity index (χ3v) is 10.7. The molecule has 0 spiro atoms. The Labute approximate surface area is 261 Å². The number of fused-ring (bicyclic) bond motifs is 1. The van der Waals surface area contributed by atoms with E-state index in [9.17, 15) is 28.8 Å². The van der Waals surface area contributed by atoms with E-state index in [1.165, 1.54) is 0 Å². The second kappa shape index (κ2) is 13.8. The van der Waals surface area contributed by atoms with Gasteiger partial charge in [0.25, 0.3) is 5.56 Å². The number of aliphatic hydroxyl groups is 1. The Balaban J connectivity index is 1.78. The van der Waals surface area contributed by atoms with E-state index in [0.29, 0.717) is 0 Å². The number of hydrogen-bond donors (Lipinski definition) is 2. The van der Waals surface area contributed by atoms with Gasteiger partial charge in [0, 0.05) is 39.5 Å². The highest BCUT2D eigenvalue weighted by molar-refractivity contribution is 8.14. The summed E-state index contributed by atoms with van der Waals surface area (Å²) in [6.07, 6.45) is -4.23. The van der Waals surface area contributed by atoms with Crippen molar-refractivity contribution in [2.24, 2.45) is 15.9 Å². The van der Waals surface area contributed by atoms with Crippen LogP contribution in [-0.2, 0) is 39.0 Å². The second-order valence-electron chi connectivity index (χ2n) is 12.3. The van der Waals surface area contributed by atoms with E-state index < -0.39 is 72.6 Å². The summed E-state index contributed by atoms with van der Waals surface area (Å²) in [7, 11) is -4.60. The van der Waals surface area contributed by atoms with Gasteiger partial charge in [-0.1, -0.05) is 70.2 Å². The molecule has 15 nitrogen and oxygen atoms in total. The number of nitrogens with one attached hydrogen (secondary N) is 1. The van der Waals surface area contributed by atoms with Crippen molar-refractivity contribution in [3.05, 3.63) is 43.5 Å². The van der Waals surface area contributed by atoms with E-state index in [4.69, 9.17) is 23.8 Å². The van der Waals surface area contributed by atoms with Crippen molar-refractivity contribution in [2.75, 3.05) is 31.3 Å². The van der Waals surface area contributed by atoms with Crippen molar-refractivity contribution in [2.45, 2.75) is 77.7 Å². The topological polar surface area (TPSA) is 212 Å². The number of halogens is 1. The molecular weight excluding hydrogens is 644 g/mol. The highest BCUT2D eigenvalue weighted by atomic mass is 32.2. The van der Waals surface area contributed by atoms with Crippen LogP contribution < -0.4 is 11.2 Å². The van der Waals surface area contributed by atoms with Crippen LogP contribution in [0.25, 0.3) is 10.4 Å². The Morgan fingerprint density at radius 3 is 2.18 bits per heavy atom. The first-order valence-electron chi connectivity index (χ1n) is 13.6. The molecule has 44 heavy (non-hydrogen) atoms. The normalized spacial score (nSPS) is 26.6. The van der Waals surface area contributed by atoms with Crippen LogP contribution in [0.3, 0.4) is 0 Å². The number of hydrogen-bond acceptors (Lipinski definition) is 13. The van der Waals surface area contributed by atoms with Gasteiger partial charge in [-0.25, -0.2) is 13.8 Å². The molecule has 1 saturated heterocycles. The molecule has 5 atom stereocenters. The Morgan fingerprint density at radius 1 is 1.16 bits per heavy atom. The molecule has 19 heteroatoms. The smallest absolute Gasteiger partial charge is 0.381 e. The average molecular weight is 682 g/mol. The summed E-state index contributed by atoms with van der Waals surface area (Å²) in [6.45, 7) is 8.79. The van der Waals surface area contributed by atoms with Crippen LogP contribution in [-0.4, -0.2) is 85.7 Å². The van der Waals surface area contributed by atoms with Crippen LogP contribution in [0.15, 0.2) is 27.0 Å². The fourth-order valence-electron chi connectivity index (χ4n) is 4.31. The number of phosphoric ester groups is 1. The second-order valence-corrected chi connectivity index (χ2v) is 16.1.